The van der Waals surface area contributed by atoms with Gasteiger partial charge < -0.3 is 5.32 Å². The lowest BCUT2D eigenvalue weighted by molar-refractivity contribution is 0.218. The van der Waals surface area contributed by atoms with E-state index in [0.29, 0.717) is 6.04 Å². The molecule has 1 nitrogen and oxygen atoms in total. The fourth-order valence-electron chi connectivity index (χ4n) is 5.53. The number of hydrogen-bond donors (Lipinski definition) is 1. The molecule has 5 unspecified atom stereocenters. The van der Waals surface area contributed by atoms with Crippen molar-refractivity contribution in [3.8, 4) is 0 Å². The second-order valence-electron chi connectivity index (χ2n) is 7.43. The maximum absolute atomic E-state index is 3.63. The summed E-state index contributed by atoms with van der Waals surface area (Å²) >= 11 is 0. The second-order valence-corrected chi connectivity index (χ2v) is 7.43. The second kappa shape index (κ2) is 5.18. The van der Waals surface area contributed by atoms with E-state index in [2.05, 4.69) is 36.6 Å². The van der Waals surface area contributed by atoms with Crippen LogP contribution >= 0.6 is 0 Å². The molecule has 3 aliphatic carbocycles. The first-order valence-electron chi connectivity index (χ1n) is 8.60. The Morgan fingerprint density at radius 3 is 2.70 bits per heavy atom. The summed E-state index contributed by atoms with van der Waals surface area (Å²) in [5, 5.41) is 3.63. The van der Waals surface area contributed by atoms with Crippen LogP contribution in [-0.2, 0) is 6.42 Å². The largest absolute Gasteiger partial charge is 0.313 e. The Morgan fingerprint density at radius 2 is 1.95 bits per heavy atom. The third-order valence-electron chi connectivity index (χ3n) is 6.45. The molecule has 20 heavy (non-hydrogen) atoms. The smallest absolute Gasteiger partial charge is 0.0349 e. The van der Waals surface area contributed by atoms with Gasteiger partial charge in [-0.05, 0) is 80.4 Å². The average Bonchev–Trinajstić information content (AvgIpc) is 3.09. The number of benzene rings is 1. The van der Waals surface area contributed by atoms with Crippen LogP contribution in [0.5, 0.6) is 0 Å². The number of rotatable bonds is 3. The van der Waals surface area contributed by atoms with Gasteiger partial charge in [-0.15, -0.1) is 0 Å². The van der Waals surface area contributed by atoms with Crippen LogP contribution in [0.15, 0.2) is 24.3 Å². The summed E-state index contributed by atoms with van der Waals surface area (Å²) in [7, 11) is 2.15. The number of fused-ring (bicyclic) bond motifs is 3. The molecule has 1 heteroatoms. The van der Waals surface area contributed by atoms with Crippen LogP contribution in [0.25, 0.3) is 0 Å². The average molecular weight is 269 g/mol. The molecule has 3 aliphatic rings. The molecule has 1 N–H and O–H groups in total. The van der Waals surface area contributed by atoms with Gasteiger partial charge in [0.1, 0.15) is 0 Å². The highest BCUT2D eigenvalue weighted by molar-refractivity contribution is 5.33. The summed E-state index contributed by atoms with van der Waals surface area (Å²) in [4.78, 5) is 0. The predicted molar refractivity (Wildman–Crippen MR) is 83.6 cm³/mol. The Kier molecular flexibility index (Phi) is 3.34. The van der Waals surface area contributed by atoms with Gasteiger partial charge in [0.25, 0.3) is 0 Å². The minimum absolute atomic E-state index is 0.596. The van der Waals surface area contributed by atoms with E-state index in [-0.39, 0.29) is 0 Å². The lowest BCUT2D eigenvalue weighted by atomic mass is 9.73. The van der Waals surface area contributed by atoms with Crippen molar-refractivity contribution in [2.45, 2.75) is 51.0 Å². The van der Waals surface area contributed by atoms with Crippen molar-refractivity contribution in [2.24, 2.45) is 23.7 Å². The van der Waals surface area contributed by atoms with E-state index in [1.807, 2.05) is 0 Å². The van der Waals surface area contributed by atoms with Crippen LogP contribution in [0.4, 0.5) is 0 Å². The van der Waals surface area contributed by atoms with Crippen LogP contribution in [0.1, 0.15) is 55.7 Å². The molecular weight excluding hydrogens is 242 g/mol. The molecule has 108 valence electrons. The molecule has 2 bridgehead atoms. The molecule has 2 fully saturated rings. The number of hydrogen-bond acceptors (Lipinski definition) is 1. The molecule has 0 radical (unpaired) electrons. The van der Waals surface area contributed by atoms with Crippen LogP contribution in [0, 0.1) is 23.7 Å². The molecule has 0 heterocycles. The van der Waals surface area contributed by atoms with Crippen molar-refractivity contribution >= 4 is 0 Å². The van der Waals surface area contributed by atoms with E-state index in [1.165, 1.54) is 32.1 Å². The Bertz CT molecular complexity index is 480. The third kappa shape index (κ3) is 2.11. The van der Waals surface area contributed by atoms with E-state index < -0.39 is 0 Å². The molecule has 1 aromatic carbocycles. The van der Waals surface area contributed by atoms with Gasteiger partial charge in [-0.1, -0.05) is 30.7 Å². The highest BCUT2D eigenvalue weighted by Gasteiger charge is 2.41. The summed E-state index contributed by atoms with van der Waals surface area (Å²) in [6.45, 7) is 0. The molecule has 0 aromatic heterocycles. The van der Waals surface area contributed by atoms with Gasteiger partial charge in [0.2, 0.25) is 0 Å². The fraction of sp³-hybridized carbons (Fsp3) is 0.684. The molecule has 2 saturated carbocycles. The molecule has 5 atom stereocenters. The molecule has 0 spiro atoms. The lowest BCUT2D eigenvalue weighted by Gasteiger charge is -2.36. The van der Waals surface area contributed by atoms with E-state index in [4.69, 9.17) is 0 Å². The van der Waals surface area contributed by atoms with Crippen molar-refractivity contribution in [1.29, 1.82) is 0 Å². The molecule has 1 aromatic rings. The zero-order valence-electron chi connectivity index (χ0n) is 12.6. The quantitative estimate of drug-likeness (QED) is 0.861. The minimum atomic E-state index is 0.596. The molecule has 0 saturated heterocycles. The Hall–Kier alpha value is -0.820. The summed E-state index contributed by atoms with van der Waals surface area (Å²) in [6, 6.07) is 9.68. The standard InChI is InChI=1S/C19H27N/c1-20-19-16(9-8-14-4-2-3-5-18(14)19)12-17-11-13-6-7-15(17)10-13/h2-5,13,15-17,19-20H,6-12H2,1H3. The monoisotopic (exact) mass is 269 g/mol. The first-order chi connectivity index (χ1) is 9.85. The van der Waals surface area contributed by atoms with Crippen molar-refractivity contribution < 1.29 is 0 Å². The predicted octanol–water partition coefficient (Wildman–Crippen LogP) is 4.34. The molecule has 0 amide bonds. The van der Waals surface area contributed by atoms with Crippen molar-refractivity contribution in [3.63, 3.8) is 0 Å². The number of aryl methyl sites for hydroxylation is 1. The van der Waals surface area contributed by atoms with Gasteiger partial charge >= 0.3 is 0 Å². The minimum Gasteiger partial charge on any atom is -0.313 e. The van der Waals surface area contributed by atoms with E-state index in [1.54, 1.807) is 24.0 Å². The van der Waals surface area contributed by atoms with Crippen LogP contribution in [0.3, 0.4) is 0 Å². The molecule has 4 rings (SSSR count). The zero-order chi connectivity index (χ0) is 13.5. The van der Waals surface area contributed by atoms with Gasteiger partial charge in [0, 0.05) is 6.04 Å². The van der Waals surface area contributed by atoms with Crippen LogP contribution in [-0.4, -0.2) is 7.05 Å². The van der Waals surface area contributed by atoms with Gasteiger partial charge in [-0.2, -0.15) is 0 Å². The zero-order valence-corrected chi connectivity index (χ0v) is 12.6. The number of nitrogens with one attached hydrogen (secondary N) is 1. The highest BCUT2D eigenvalue weighted by atomic mass is 14.9. The topological polar surface area (TPSA) is 12.0 Å². The maximum atomic E-state index is 3.63. The van der Waals surface area contributed by atoms with Crippen molar-refractivity contribution in [2.75, 3.05) is 7.05 Å². The van der Waals surface area contributed by atoms with Gasteiger partial charge in [-0.25, -0.2) is 0 Å². The van der Waals surface area contributed by atoms with Crippen molar-refractivity contribution in [3.05, 3.63) is 35.4 Å². The van der Waals surface area contributed by atoms with Gasteiger partial charge in [0.15, 0.2) is 0 Å². The molecular formula is C19H27N. The maximum Gasteiger partial charge on any atom is 0.0349 e. The SMILES string of the molecule is CNC1c2ccccc2CCC1CC1CC2CCC1C2. The third-order valence-corrected chi connectivity index (χ3v) is 6.45. The van der Waals surface area contributed by atoms with Crippen LogP contribution in [0.2, 0.25) is 0 Å². The van der Waals surface area contributed by atoms with Crippen molar-refractivity contribution in [1.82, 2.24) is 5.32 Å². The lowest BCUT2D eigenvalue weighted by Crippen LogP contribution is -2.32. The molecule has 0 aliphatic heterocycles. The summed E-state index contributed by atoms with van der Waals surface area (Å²) in [6.07, 6.45) is 10.3. The fourth-order valence-corrected chi connectivity index (χ4v) is 5.53. The highest BCUT2D eigenvalue weighted by Crippen LogP contribution is 2.52. The van der Waals surface area contributed by atoms with E-state index in [0.717, 1.165) is 23.7 Å². The summed E-state index contributed by atoms with van der Waals surface area (Å²) in [5.41, 5.74) is 3.16. The summed E-state index contributed by atoms with van der Waals surface area (Å²) < 4.78 is 0. The first kappa shape index (κ1) is 12.9. The van der Waals surface area contributed by atoms with Gasteiger partial charge in [-0.3, -0.25) is 0 Å². The Labute approximate surface area is 123 Å². The van der Waals surface area contributed by atoms with Gasteiger partial charge in [0.05, 0.1) is 0 Å². The van der Waals surface area contributed by atoms with E-state index in [9.17, 15) is 0 Å². The Balaban J connectivity index is 1.51. The van der Waals surface area contributed by atoms with E-state index >= 15 is 0 Å². The first-order valence-corrected chi connectivity index (χ1v) is 8.60. The Morgan fingerprint density at radius 1 is 1.05 bits per heavy atom. The summed E-state index contributed by atoms with van der Waals surface area (Å²) in [5.74, 6) is 4.07. The normalized spacial score (nSPS) is 39.0. The van der Waals surface area contributed by atoms with Crippen LogP contribution < -0.4 is 5.32 Å².